The molecule has 0 saturated carbocycles. The third-order valence-corrected chi connectivity index (χ3v) is 1.77. The molecule has 0 spiro atoms. The molecule has 6 nitrogen and oxygen atoms in total. The molecule has 0 atom stereocenters. The van der Waals surface area contributed by atoms with Gasteiger partial charge in [0, 0.05) is 24.5 Å². The highest BCUT2D eigenvalue weighted by molar-refractivity contribution is 5.77. The smallest absolute Gasteiger partial charge is 0.234 e. The van der Waals surface area contributed by atoms with Crippen molar-refractivity contribution in [3.8, 4) is 0 Å². The number of likely N-dealkylation sites (N-methyl/N-ethyl adjacent to an activating group) is 1. The first-order valence-corrected chi connectivity index (χ1v) is 5.02. The summed E-state index contributed by atoms with van der Waals surface area (Å²) in [6.07, 6.45) is 0. The zero-order valence-electron chi connectivity index (χ0n) is 9.60. The fourth-order valence-electron chi connectivity index (χ4n) is 0.958. The second-order valence-electron chi connectivity index (χ2n) is 3.89. The third kappa shape index (κ3) is 9.05. The van der Waals surface area contributed by atoms with Crippen molar-refractivity contribution in [1.82, 2.24) is 10.2 Å². The van der Waals surface area contributed by atoms with Gasteiger partial charge < -0.3 is 5.32 Å². The predicted molar refractivity (Wildman–Crippen MR) is 59.4 cm³/mol. The van der Waals surface area contributed by atoms with Crippen molar-refractivity contribution < 1.29 is 4.79 Å². The Kier molecular flexibility index (Phi) is 7.40. The van der Waals surface area contributed by atoms with Gasteiger partial charge in [-0.3, -0.25) is 9.69 Å². The fourth-order valence-corrected chi connectivity index (χ4v) is 0.958. The maximum Gasteiger partial charge on any atom is 0.234 e. The second-order valence-corrected chi connectivity index (χ2v) is 3.89. The molecule has 1 N–H and O–H groups in total. The standard InChI is InChI=1S/C9H19N5O/c1-8(2)6-11-9(15)7-14(3)5-4-12-13-10/h8H,4-7H2,1-3H3,(H,11,15). The van der Waals surface area contributed by atoms with Crippen molar-refractivity contribution in [3.63, 3.8) is 0 Å². The lowest BCUT2D eigenvalue weighted by molar-refractivity contribution is -0.122. The lowest BCUT2D eigenvalue weighted by atomic mass is 10.2. The summed E-state index contributed by atoms with van der Waals surface area (Å²) >= 11 is 0. The van der Waals surface area contributed by atoms with Gasteiger partial charge in [-0.2, -0.15) is 0 Å². The Labute approximate surface area is 90.3 Å². The van der Waals surface area contributed by atoms with Gasteiger partial charge in [-0.25, -0.2) is 0 Å². The van der Waals surface area contributed by atoms with Gasteiger partial charge in [0.25, 0.3) is 0 Å². The summed E-state index contributed by atoms with van der Waals surface area (Å²) in [5.74, 6) is 0.467. The third-order valence-electron chi connectivity index (χ3n) is 1.77. The molecular formula is C9H19N5O. The number of azide groups is 1. The Morgan fingerprint density at radius 1 is 1.60 bits per heavy atom. The van der Waals surface area contributed by atoms with E-state index in [0.717, 1.165) is 0 Å². The van der Waals surface area contributed by atoms with Crippen LogP contribution in [-0.2, 0) is 4.79 Å². The van der Waals surface area contributed by atoms with E-state index in [1.54, 1.807) is 0 Å². The van der Waals surface area contributed by atoms with Crippen LogP contribution in [0, 0.1) is 5.92 Å². The molecule has 0 radical (unpaired) electrons. The summed E-state index contributed by atoms with van der Waals surface area (Å²) in [5.41, 5.74) is 8.07. The molecule has 0 rings (SSSR count). The van der Waals surface area contributed by atoms with Crippen LogP contribution in [0.2, 0.25) is 0 Å². The van der Waals surface area contributed by atoms with Crippen LogP contribution in [0.1, 0.15) is 13.8 Å². The molecule has 0 bridgehead atoms. The predicted octanol–water partition coefficient (Wildman–Crippen LogP) is 1.00. The van der Waals surface area contributed by atoms with Crippen molar-refractivity contribution in [3.05, 3.63) is 10.4 Å². The van der Waals surface area contributed by atoms with Crippen LogP contribution < -0.4 is 5.32 Å². The van der Waals surface area contributed by atoms with Crippen LogP contribution in [-0.4, -0.2) is 44.0 Å². The molecule has 0 aromatic rings. The van der Waals surface area contributed by atoms with Gasteiger partial charge in [0.15, 0.2) is 0 Å². The summed E-state index contributed by atoms with van der Waals surface area (Å²) in [4.78, 5) is 15.8. The van der Waals surface area contributed by atoms with Crippen LogP contribution in [0.15, 0.2) is 5.11 Å². The molecule has 6 heteroatoms. The van der Waals surface area contributed by atoms with Gasteiger partial charge >= 0.3 is 0 Å². The van der Waals surface area contributed by atoms with Crippen LogP contribution in [0.25, 0.3) is 10.4 Å². The quantitative estimate of drug-likeness (QED) is 0.389. The van der Waals surface area contributed by atoms with Gasteiger partial charge in [0.1, 0.15) is 0 Å². The van der Waals surface area contributed by atoms with Crippen molar-refractivity contribution in [1.29, 1.82) is 0 Å². The number of nitrogens with one attached hydrogen (secondary N) is 1. The van der Waals surface area contributed by atoms with Crippen molar-refractivity contribution in [2.45, 2.75) is 13.8 Å². The van der Waals surface area contributed by atoms with E-state index in [9.17, 15) is 4.79 Å². The average Bonchev–Trinajstić information content (AvgIpc) is 2.15. The Hall–Kier alpha value is -1.26. The SMILES string of the molecule is CC(C)CNC(=O)CN(C)CCN=[N+]=[N-]. The van der Waals surface area contributed by atoms with Gasteiger partial charge in [-0.15, -0.1) is 0 Å². The van der Waals surface area contributed by atoms with Crippen LogP contribution in [0.4, 0.5) is 0 Å². The van der Waals surface area contributed by atoms with Gasteiger partial charge in [0.05, 0.1) is 6.54 Å². The highest BCUT2D eigenvalue weighted by atomic mass is 16.2. The molecular weight excluding hydrogens is 194 g/mol. The van der Waals surface area contributed by atoms with E-state index in [0.29, 0.717) is 32.1 Å². The highest BCUT2D eigenvalue weighted by Crippen LogP contribution is 1.88. The molecule has 0 aliphatic rings. The summed E-state index contributed by atoms with van der Waals surface area (Å²) in [5, 5.41) is 6.22. The van der Waals surface area contributed by atoms with E-state index in [4.69, 9.17) is 5.53 Å². The zero-order chi connectivity index (χ0) is 11.7. The van der Waals surface area contributed by atoms with E-state index < -0.39 is 0 Å². The molecule has 0 aromatic carbocycles. The fraction of sp³-hybridized carbons (Fsp3) is 0.889. The zero-order valence-corrected chi connectivity index (χ0v) is 9.60. The largest absolute Gasteiger partial charge is 0.355 e. The van der Waals surface area contributed by atoms with Gasteiger partial charge in [-0.1, -0.05) is 19.0 Å². The lowest BCUT2D eigenvalue weighted by Gasteiger charge is -2.15. The number of carbonyl (C=O) groups is 1. The van der Waals surface area contributed by atoms with E-state index in [-0.39, 0.29) is 5.91 Å². The lowest BCUT2D eigenvalue weighted by Crippen LogP contribution is -2.37. The first-order chi connectivity index (χ1) is 7.06. The van der Waals surface area contributed by atoms with E-state index in [1.165, 1.54) is 0 Å². The molecule has 0 aromatic heterocycles. The number of amides is 1. The summed E-state index contributed by atoms with van der Waals surface area (Å²) in [6.45, 7) is 6.12. The molecule has 0 unspecified atom stereocenters. The minimum absolute atomic E-state index is 0.00661. The van der Waals surface area contributed by atoms with Crippen LogP contribution in [0.3, 0.4) is 0 Å². The van der Waals surface area contributed by atoms with E-state index >= 15 is 0 Å². The Bertz CT molecular complexity index is 235. The number of hydrogen-bond acceptors (Lipinski definition) is 3. The minimum atomic E-state index is 0.00661. The topological polar surface area (TPSA) is 81.1 Å². The van der Waals surface area contributed by atoms with Gasteiger partial charge in [-0.05, 0) is 18.5 Å². The molecule has 0 aliphatic heterocycles. The maximum absolute atomic E-state index is 11.3. The minimum Gasteiger partial charge on any atom is -0.355 e. The van der Waals surface area contributed by atoms with Gasteiger partial charge in [0.2, 0.25) is 5.91 Å². The average molecular weight is 213 g/mol. The molecule has 0 fully saturated rings. The number of rotatable bonds is 7. The molecule has 0 saturated heterocycles. The monoisotopic (exact) mass is 213 g/mol. The Morgan fingerprint density at radius 2 is 2.27 bits per heavy atom. The van der Waals surface area contributed by atoms with Crippen molar-refractivity contribution in [2.75, 3.05) is 33.2 Å². The molecule has 0 aliphatic carbocycles. The molecule has 1 amide bonds. The highest BCUT2D eigenvalue weighted by Gasteiger charge is 2.05. The number of nitrogens with zero attached hydrogens (tertiary/aromatic N) is 4. The first-order valence-electron chi connectivity index (χ1n) is 5.02. The second kappa shape index (κ2) is 8.08. The summed E-state index contributed by atoms with van der Waals surface area (Å²) in [6, 6.07) is 0. The summed E-state index contributed by atoms with van der Waals surface area (Å²) < 4.78 is 0. The summed E-state index contributed by atoms with van der Waals surface area (Å²) in [7, 11) is 1.82. The first kappa shape index (κ1) is 13.7. The van der Waals surface area contributed by atoms with Crippen molar-refractivity contribution in [2.24, 2.45) is 11.0 Å². The maximum atomic E-state index is 11.3. The van der Waals surface area contributed by atoms with E-state index in [2.05, 4.69) is 15.3 Å². The molecule has 15 heavy (non-hydrogen) atoms. The van der Waals surface area contributed by atoms with Crippen LogP contribution >= 0.6 is 0 Å². The Morgan fingerprint density at radius 3 is 2.80 bits per heavy atom. The Balaban J connectivity index is 3.61. The van der Waals surface area contributed by atoms with Crippen molar-refractivity contribution >= 4 is 5.91 Å². The number of carbonyl (C=O) groups excluding carboxylic acids is 1. The molecule has 86 valence electrons. The van der Waals surface area contributed by atoms with E-state index in [1.807, 2.05) is 25.8 Å². The van der Waals surface area contributed by atoms with Crippen LogP contribution in [0.5, 0.6) is 0 Å². The molecule has 0 heterocycles. The normalized spacial score (nSPS) is 10.2. The number of hydrogen-bond donors (Lipinski definition) is 1.